The Morgan fingerprint density at radius 3 is 2.38 bits per heavy atom. The van der Waals surface area contributed by atoms with Gasteiger partial charge in [0.1, 0.15) is 11.3 Å². The Labute approximate surface area is 206 Å². The number of halogens is 2. The fourth-order valence-electron chi connectivity index (χ4n) is 3.91. The molecule has 0 saturated carbocycles. The van der Waals surface area contributed by atoms with Gasteiger partial charge in [-0.3, -0.25) is 14.9 Å². The summed E-state index contributed by atoms with van der Waals surface area (Å²) in [4.78, 5) is 39.3. The van der Waals surface area contributed by atoms with Crippen molar-refractivity contribution in [2.45, 2.75) is 20.8 Å². The Morgan fingerprint density at radius 2 is 1.71 bits per heavy atom. The zero-order chi connectivity index (χ0) is 24.7. The Balaban J connectivity index is 1.80. The predicted octanol–water partition coefficient (Wildman–Crippen LogP) is 5.38. The maximum atomic E-state index is 13.3. The molecule has 7 nitrogen and oxygen atoms in total. The smallest absolute Gasteiger partial charge is 0.335 e. The van der Waals surface area contributed by atoms with Gasteiger partial charge in [-0.2, -0.15) is 0 Å². The van der Waals surface area contributed by atoms with Crippen molar-refractivity contribution in [1.29, 1.82) is 0 Å². The number of barbiturate groups is 1. The second-order valence-corrected chi connectivity index (χ2v) is 8.71. The third-order valence-corrected chi connectivity index (χ3v) is 6.31. The average Bonchev–Trinajstić information content (AvgIpc) is 3.06. The monoisotopic (exact) mass is 497 g/mol. The van der Waals surface area contributed by atoms with Gasteiger partial charge in [-0.1, -0.05) is 29.3 Å². The second-order valence-electron chi connectivity index (χ2n) is 7.87. The highest BCUT2D eigenvalue weighted by molar-refractivity contribution is 6.39. The van der Waals surface area contributed by atoms with Gasteiger partial charge < -0.3 is 9.30 Å². The van der Waals surface area contributed by atoms with E-state index in [0.29, 0.717) is 21.4 Å². The molecule has 0 spiro atoms. The van der Waals surface area contributed by atoms with E-state index >= 15 is 0 Å². The molecule has 0 radical (unpaired) electrons. The molecule has 1 aliphatic heterocycles. The summed E-state index contributed by atoms with van der Waals surface area (Å²) in [6, 6.07) is 11.1. The Hall–Kier alpha value is -3.55. The van der Waals surface area contributed by atoms with Crippen LogP contribution in [0.15, 0.2) is 48.0 Å². The Kier molecular flexibility index (Phi) is 6.25. The van der Waals surface area contributed by atoms with E-state index in [1.54, 1.807) is 37.4 Å². The lowest BCUT2D eigenvalue weighted by molar-refractivity contribution is -0.122. The number of benzene rings is 2. The first-order valence-electron chi connectivity index (χ1n) is 10.3. The van der Waals surface area contributed by atoms with E-state index in [0.717, 1.165) is 27.5 Å². The van der Waals surface area contributed by atoms with Gasteiger partial charge in [0.2, 0.25) is 0 Å². The van der Waals surface area contributed by atoms with Crippen LogP contribution in [-0.4, -0.2) is 29.5 Å². The lowest BCUT2D eigenvalue weighted by atomic mass is 10.1. The van der Waals surface area contributed by atoms with Crippen LogP contribution in [0.2, 0.25) is 10.0 Å². The molecule has 2 aromatic carbocycles. The van der Waals surface area contributed by atoms with E-state index in [-0.39, 0.29) is 11.3 Å². The molecule has 1 saturated heterocycles. The summed E-state index contributed by atoms with van der Waals surface area (Å²) in [5.41, 5.74) is 3.85. The Bertz CT molecular complexity index is 1390. The summed E-state index contributed by atoms with van der Waals surface area (Å²) in [6.07, 6.45) is 1.47. The lowest BCUT2D eigenvalue weighted by Gasteiger charge is -2.26. The molecule has 9 heteroatoms. The highest BCUT2D eigenvalue weighted by Crippen LogP contribution is 2.32. The number of ether oxygens (including phenoxy) is 1. The minimum atomic E-state index is -0.832. The van der Waals surface area contributed by atoms with E-state index < -0.39 is 17.8 Å². The van der Waals surface area contributed by atoms with Gasteiger partial charge >= 0.3 is 6.03 Å². The topological polar surface area (TPSA) is 80.6 Å². The third kappa shape index (κ3) is 4.08. The number of hydrogen-bond acceptors (Lipinski definition) is 4. The molecule has 2 heterocycles. The van der Waals surface area contributed by atoms with E-state index in [9.17, 15) is 14.4 Å². The molecule has 1 aromatic heterocycles. The van der Waals surface area contributed by atoms with Crippen molar-refractivity contribution in [3.63, 3.8) is 0 Å². The second kappa shape index (κ2) is 9.00. The molecule has 4 rings (SSSR count). The van der Waals surface area contributed by atoms with Crippen molar-refractivity contribution in [1.82, 2.24) is 9.88 Å². The minimum absolute atomic E-state index is 0.172. The van der Waals surface area contributed by atoms with Gasteiger partial charge in [0, 0.05) is 21.4 Å². The number of carbonyl (C=O) groups is 3. The number of methoxy groups -OCH3 is 1. The number of urea groups is 1. The van der Waals surface area contributed by atoms with Crippen LogP contribution in [0.25, 0.3) is 11.8 Å². The molecule has 1 fully saturated rings. The fraction of sp³-hybridized carbons (Fsp3) is 0.160. The summed E-state index contributed by atoms with van der Waals surface area (Å²) < 4.78 is 7.40. The number of nitrogens with one attached hydrogen (secondary N) is 1. The molecule has 4 amide bonds. The fourth-order valence-corrected chi connectivity index (χ4v) is 4.25. The van der Waals surface area contributed by atoms with Gasteiger partial charge in [0.05, 0.1) is 18.5 Å². The first-order chi connectivity index (χ1) is 16.1. The SMILES string of the molecule is COc1ccc(Cl)cc1-n1c(C)cc(/C=C2/C(=O)NC(=O)N(c3ccc(C)c(Cl)c3)C2=O)c1C. The summed E-state index contributed by atoms with van der Waals surface area (Å²) in [5.74, 6) is -0.890. The summed E-state index contributed by atoms with van der Waals surface area (Å²) >= 11 is 12.4. The number of carbonyl (C=O) groups excluding carboxylic acids is 3. The maximum absolute atomic E-state index is 13.3. The molecular weight excluding hydrogens is 477 g/mol. The number of amides is 4. The van der Waals surface area contributed by atoms with Crippen LogP contribution >= 0.6 is 23.2 Å². The van der Waals surface area contributed by atoms with Crippen LogP contribution in [0.5, 0.6) is 5.75 Å². The zero-order valence-electron chi connectivity index (χ0n) is 18.9. The zero-order valence-corrected chi connectivity index (χ0v) is 20.4. The standard InChI is InChI=1S/C25H21Cl2N3O4/c1-13-5-7-18(12-20(13)27)30-24(32)19(23(31)28-25(30)33)10-16-9-14(2)29(15(16)3)21-11-17(26)6-8-22(21)34-4/h5-12H,1-4H3,(H,28,31,33)/b19-10-. The van der Waals surface area contributed by atoms with Gasteiger partial charge in [0.25, 0.3) is 11.8 Å². The van der Waals surface area contributed by atoms with Crippen LogP contribution < -0.4 is 15.0 Å². The van der Waals surface area contributed by atoms with Crippen molar-refractivity contribution in [2.75, 3.05) is 12.0 Å². The quantitative estimate of drug-likeness (QED) is 0.387. The molecule has 34 heavy (non-hydrogen) atoms. The van der Waals surface area contributed by atoms with E-state index in [4.69, 9.17) is 27.9 Å². The number of anilines is 1. The van der Waals surface area contributed by atoms with Gasteiger partial charge in [0.15, 0.2) is 0 Å². The number of aryl methyl sites for hydroxylation is 2. The van der Waals surface area contributed by atoms with Crippen LogP contribution in [0, 0.1) is 20.8 Å². The molecule has 0 unspecified atom stereocenters. The highest BCUT2D eigenvalue weighted by Gasteiger charge is 2.37. The molecule has 174 valence electrons. The van der Waals surface area contributed by atoms with E-state index in [2.05, 4.69) is 5.32 Å². The largest absolute Gasteiger partial charge is 0.495 e. The van der Waals surface area contributed by atoms with Gasteiger partial charge in [-0.15, -0.1) is 0 Å². The van der Waals surface area contributed by atoms with Crippen molar-refractivity contribution in [3.8, 4) is 11.4 Å². The third-order valence-electron chi connectivity index (χ3n) is 5.67. The minimum Gasteiger partial charge on any atom is -0.495 e. The van der Waals surface area contributed by atoms with Crippen LogP contribution in [0.3, 0.4) is 0 Å². The Morgan fingerprint density at radius 1 is 0.971 bits per heavy atom. The van der Waals surface area contributed by atoms with Crippen LogP contribution in [-0.2, 0) is 9.59 Å². The average molecular weight is 498 g/mol. The van der Waals surface area contributed by atoms with Crippen molar-refractivity contribution in [3.05, 3.63) is 80.6 Å². The molecule has 3 aromatic rings. The molecule has 0 atom stereocenters. The number of nitrogens with zero attached hydrogens (tertiary/aromatic N) is 2. The summed E-state index contributed by atoms with van der Waals surface area (Å²) in [6.45, 7) is 5.56. The van der Waals surface area contributed by atoms with Crippen LogP contribution in [0.1, 0.15) is 22.5 Å². The molecule has 1 N–H and O–H groups in total. The number of imide groups is 2. The lowest BCUT2D eigenvalue weighted by Crippen LogP contribution is -2.54. The number of aromatic nitrogens is 1. The molecule has 0 aliphatic carbocycles. The molecular formula is C25H21Cl2N3O4. The van der Waals surface area contributed by atoms with Gasteiger partial charge in [-0.25, -0.2) is 9.69 Å². The summed E-state index contributed by atoms with van der Waals surface area (Å²) in [5, 5.41) is 3.17. The number of rotatable bonds is 4. The van der Waals surface area contributed by atoms with Crippen LogP contribution in [0.4, 0.5) is 10.5 Å². The molecule has 0 bridgehead atoms. The van der Waals surface area contributed by atoms with Crippen molar-refractivity contribution >= 4 is 52.8 Å². The van der Waals surface area contributed by atoms with E-state index in [1.807, 2.05) is 31.4 Å². The molecule has 1 aliphatic rings. The first kappa shape index (κ1) is 23.6. The first-order valence-corrected chi connectivity index (χ1v) is 11.1. The number of hydrogen-bond donors (Lipinski definition) is 1. The summed E-state index contributed by atoms with van der Waals surface area (Å²) in [7, 11) is 1.57. The van der Waals surface area contributed by atoms with Crippen molar-refractivity contribution < 1.29 is 19.1 Å². The predicted molar refractivity (Wildman–Crippen MR) is 132 cm³/mol. The highest BCUT2D eigenvalue weighted by atomic mass is 35.5. The van der Waals surface area contributed by atoms with E-state index in [1.165, 1.54) is 12.1 Å². The van der Waals surface area contributed by atoms with Gasteiger partial charge in [-0.05, 0) is 74.4 Å². The van der Waals surface area contributed by atoms with Crippen molar-refractivity contribution in [2.24, 2.45) is 0 Å². The maximum Gasteiger partial charge on any atom is 0.335 e. The normalized spacial score (nSPS) is 15.2.